The van der Waals surface area contributed by atoms with E-state index in [9.17, 15) is 15.3 Å². The molecule has 150 valence electrons. The Morgan fingerprint density at radius 3 is 2.54 bits per heavy atom. The number of aliphatic hydroxyl groups excluding tert-OH is 3. The van der Waals surface area contributed by atoms with Crippen LogP contribution in [0.5, 0.6) is 0 Å². The van der Waals surface area contributed by atoms with Gasteiger partial charge in [-0.05, 0) is 72.6 Å². The first-order valence-electron chi connectivity index (χ1n) is 9.80. The summed E-state index contributed by atoms with van der Waals surface area (Å²) in [4.78, 5) is 0. The van der Waals surface area contributed by atoms with Crippen molar-refractivity contribution < 1.29 is 24.8 Å². The van der Waals surface area contributed by atoms with E-state index >= 15 is 0 Å². The zero-order valence-corrected chi connectivity index (χ0v) is 16.8. The number of allylic oxidation sites excluding steroid dienone is 4. The zero-order chi connectivity index (χ0) is 19.5. The molecule has 0 aromatic carbocycles. The molecule has 1 saturated heterocycles. The first-order chi connectivity index (χ1) is 12.1. The molecule has 0 aromatic rings. The van der Waals surface area contributed by atoms with E-state index in [0.29, 0.717) is 5.92 Å². The quantitative estimate of drug-likeness (QED) is 0.628. The molecule has 0 bridgehead atoms. The smallest absolute Gasteiger partial charge is 0.187 e. The fraction of sp³-hybridized carbons (Fsp3) is 0.810. The van der Waals surface area contributed by atoms with Crippen LogP contribution in [0.2, 0.25) is 0 Å². The van der Waals surface area contributed by atoms with E-state index in [1.807, 2.05) is 0 Å². The molecule has 0 aromatic heterocycles. The summed E-state index contributed by atoms with van der Waals surface area (Å²) in [6.45, 7) is 10.1. The molecule has 0 amide bonds. The van der Waals surface area contributed by atoms with Gasteiger partial charge < -0.3 is 24.8 Å². The third kappa shape index (κ3) is 5.17. The maximum Gasteiger partial charge on any atom is 0.187 e. The van der Waals surface area contributed by atoms with E-state index in [2.05, 4.69) is 39.8 Å². The van der Waals surface area contributed by atoms with Crippen LogP contribution in [-0.4, -0.2) is 51.6 Å². The predicted octanol–water partition coefficient (Wildman–Crippen LogP) is 3.08. The van der Waals surface area contributed by atoms with Crippen molar-refractivity contribution in [2.45, 2.75) is 103 Å². The summed E-state index contributed by atoms with van der Waals surface area (Å²) in [5.41, 5.74) is 2.21. The van der Waals surface area contributed by atoms with Gasteiger partial charge in [-0.1, -0.05) is 23.3 Å². The van der Waals surface area contributed by atoms with Crippen molar-refractivity contribution in [3.8, 4) is 0 Å². The second-order valence-corrected chi connectivity index (χ2v) is 8.45. The molecule has 5 nitrogen and oxygen atoms in total. The molecule has 0 spiro atoms. The first-order valence-corrected chi connectivity index (χ1v) is 9.80. The van der Waals surface area contributed by atoms with Crippen molar-refractivity contribution in [3.05, 3.63) is 23.3 Å². The molecule has 0 saturated carbocycles. The highest BCUT2D eigenvalue weighted by atomic mass is 16.7. The van der Waals surface area contributed by atoms with Crippen LogP contribution in [0, 0.1) is 5.92 Å². The maximum atomic E-state index is 10.4. The average Bonchev–Trinajstić information content (AvgIpc) is 2.58. The van der Waals surface area contributed by atoms with Gasteiger partial charge in [0.1, 0.15) is 18.3 Å². The van der Waals surface area contributed by atoms with Crippen LogP contribution in [0.25, 0.3) is 0 Å². The Kier molecular flexibility index (Phi) is 7.45. The molecule has 2 aliphatic rings. The van der Waals surface area contributed by atoms with Crippen molar-refractivity contribution in [2.24, 2.45) is 5.92 Å². The Balaban J connectivity index is 2.16. The Morgan fingerprint density at radius 1 is 1.27 bits per heavy atom. The molecule has 5 heteroatoms. The molecular weight excluding hydrogens is 332 g/mol. The summed E-state index contributed by atoms with van der Waals surface area (Å²) in [6.07, 6.45) is 4.06. The molecule has 7 atom stereocenters. The lowest BCUT2D eigenvalue weighted by atomic mass is 9.76. The van der Waals surface area contributed by atoms with Gasteiger partial charge in [-0.3, -0.25) is 0 Å². The van der Waals surface area contributed by atoms with Crippen LogP contribution in [0.3, 0.4) is 0 Å². The standard InChI is InChI=1S/C21H36O5/c1-13(2)7-6-12-21(5,16-10-8-14(3)9-11-16)26-20-19(24)18(23)17(22)15(4)25-20/h7-8,15-20,22-24H,6,9-12H2,1-5H3/t15-,16+,17+,18+,19-,20+,21+/m1/s1. The SMILES string of the molecule is CC(C)=CCC[C@](C)(O[C@@H]1O[C@H](C)[C@H](O)[C@H](O)[C@H]1O)[C@H]1CC=C(C)CC1. The molecule has 2 rings (SSSR count). The largest absolute Gasteiger partial charge is 0.388 e. The molecule has 1 fully saturated rings. The van der Waals surface area contributed by atoms with Crippen LogP contribution in [-0.2, 0) is 9.47 Å². The molecular formula is C21H36O5. The van der Waals surface area contributed by atoms with Gasteiger partial charge >= 0.3 is 0 Å². The van der Waals surface area contributed by atoms with Crippen molar-refractivity contribution in [3.63, 3.8) is 0 Å². The van der Waals surface area contributed by atoms with Gasteiger partial charge in [-0.25, -0.2) is 0 Å². The minimum atomic E-state index is -1.26. The third-order valence-corrected chi connectivity index (χ3v) is 5.89. The number of rotatable bonds is 6. The molecule has 1 heterocycles. The van der Waals surface area contributed by atoms with E-state index in [4.69, 9.17) is 9.47 Å². The van der Waals surface area contributed by atoms with E-state index in [0.717, 1.165) is 32.1 Å². The van der Waals surface area contributed by atoms with Gasteiger partial charge in [0.15, 0.2) is 6.29 Å². The highest BCUT2D eigenvalue weighted by Crippen LogP contribution is 2.40. The fourth-order valence-electron chi connectivity index (χ4n) is 3.90. The van der Waals surface area contributed by atoms with Gasteiger partial charge in [0.2, 0.25) is 0 Å². The Morgan fingerprint density at radius 2 is 1.96 bits per heavy atom. The first kappa shape index (κ1) is 21.6. The van der Waals surface area contributed by atoms with E-state index < -0.39 is 36.3 Å². The highest BCUT2D eigenvalue weighted by Gasteiger charge is 2.46. The Bertz CT molecular complexity index is 524. The van der Waals surface area contributed by atoms with Crippen LogP contribution in [0.4, 0.5) is 0 Å². The summed E-state index contributed by atoms with van der Waals surface area (Å²) in [7, 11) is 0. The van der Waals surface area contributed by atoms with Crippen LogP contribution in [0.1, 0.15) is 66.7 Å². The van der Waals surface area contributed by atoms with Crippen LogP contribution >= 0.6 is 0 Å². The number of aliphatic hydroxyl groups is 3. The number of hydrogen-bond acceptors (Lipinski definition) is 5. The Hall–Kier alpha value is -0.720. The van der Waals surface area contributed by atoms with Gasteiger partial charge in [-0.2, -0.15) is 0 Å². The van der Waals surface area contributed by atoms with Crippen molar-refractivity contribution in [1.29, 1.82) is 0 Å². The van der Waals surface area contributed by atoms with Gasteiger partial charge in [0.25, 0.3) is 0 Å². The molecule has 0 radical (unpaired) electrons. The lowest BCUT2D eigenvalue weighted by Crippen LogP contribution is -2.59. The Labute approximate surface area is 157 Å². The van der Waals surface area contributed by atoms with Crippen molar-refractivity contribution in [2.75, 3.05) is 0 Å². The summed E-state index contributed by atoms with van der Waals surface area (Å²) in [5.74, 6) is 0.326. The normalized spacial score (nSPS) is 37.6. The molecule has 1 aliphatic heterocycles. The van der Waals surface area contributed by atoms with Gasteiger partial charge in [0.05, 0.1) is 11.7 Å². The number of ether oxygens (including phenoxy) is 2. The molecule has 1 aliphatic carbocycles. The minimum Gasteiger partial charge on any atom is -0.388 e. The predicted molar refractivity (Wildman–Crippen MR) is 102 cm³/mol. The van der Waals surface area contributed by atoms with Crippen LogP contribution < -0.4 is 0 Å². The second-order valence-electron chi connectivity index (χ2n) is 8.45. The third-order valence-electron chi connectivity index (χ3n) is 5.89. The van der Waals surface area contributed by atoms with Gasteiger partial charge in [0, 0.05) is 0 Å². The molecule has 26 heavy (non-hydrogen) atoms. The second kappa shape index (κ2) is 8.98. The van der Waals surface area contributed by atoms with Gasteiger partial charge in [-0.15, -0.1) is 0 Å². The van der Waals surface area contributed by atoms with Crippen molar-refractivity contribution in [1.82, 2.24) is 0 Å². The van der Waals surface area contributed by atoms with Crippen molar-refractivity contribution >= 4 is 0 Å². The van der Waals surface area contributed by atoms with Crippen LogP contribution in [0.15, 0.2) is 23.3 Å². The zero-order valence-electron chi connectivity index (χ0n) is 16.8. The van der Waals surface area contributed by atoms with E-state index in [1.54, 1.807) is 6.92 Å². The lowest BCUT2D eigenvalue weighted by Gasteiger charge is -2.46. The molecule has 0 unspecified atom stereocenters. The number of hydrogen-bond donors (Lipinski definition) is 3. The summed E-state index contributed by atoms with van der Waals surface area (Å²) in [6, 6.07) is 0. The highest BCUT2D eigenvalue weighted by molar-refractivity contribution is 5.07. The average molecular weight is 369 g/mol. The minimum absolute atomic E-state index is 0.326. The monoisotopic (exact) mass is 368 g/mol. The summed E-state index contributed by atoms with van der Waals surface area (Å²) >= 11 is 0. The van der Waals surface area contributed by atoms with E-state index in [-0.39, 0.29) is 0 Å². The summed E-state index contributed by atoms with van der Waals surface area (Å²) < 4.78 is 12.0. The maximum absolute atomic E-state index is 10.4. The van der Waals surface area contributed by atoms with E-state index in [1.165, 1.54) is 11.1 Å². The molecule has 3 N–H and O–H groups in total. The topological polar surface area (TPSA) is 79.2 Å². The summed E-state index contributed by atoms with van der Waals surface area (Å²) in [5, 5.41) is 30.4. The fourth-order valence-corrected chi connectivity index (χ4v) is 3.90. The lowest BCUT2D eigenvalue weighted by molar-refractivity contribution is -0.325.